The van der Waals surface area contributed by atoms with Gasteiger partial charge in [-0.3, -0.25) is 9.80 Å². The van der Waals surface area contributed by atoms with E-state index in [-0.39, 0.29) is 11.9 Å². The number of allylic oxidation sites excluding steroid dienone is 1. The lowest BCUT2D eigenvalue weighted by molar-refractivity contribution is -0.135. The normalized spacial score (nSPS) is 18.2. The second-order valence-corrected chi connectivity index (χ2v) is 9.93. The van der Waals surface area contributed by atoms with Gasteiger partial charge in [0, 0.05) is 36.6 Å². The van der Waals surface area contributed by atoms with E-state index < -0.39 is 5.97 Å². The molecule has 224 valence electrons. The van der Waals surface area contributed by atoms with Gasteiger partial charge in [0.25, 0.3) is 0 Å². The van der Waals surface area contributed by atoms with Crippen LogP contribution >= 0.6 is 15.9 Å². The van der Waals surface area contributed by atoms with Crippen LogP contribution in [0.1, 0.15) is 57.8 Å². The second kappa shape index (κ2) is 27.6. The first kappa shape index (κ1) is 37.0. The zero-order valence-corrected chi connectivity index (χ0v) is 25.5. The van der Waals surface area contributed by atoms with Crippen LogP contribution in [-0.2, 0) is 23.9 Å². The molecule has 0 unspecified atom stereocenters. The SMILES string of the molecule is C1CCNCC1.COC(=O)/C=C/CBr.COC(=O)/C=C/CN1CCCCC1.O=C(O)/C=C/CN1CCCCC1. The van der Waals surface area contributed by atoms with Crippen LogP contribution in [0.25, 0.3) is 0 Å². The minimum absolute atomic E-state index is 0.267. The van der Waals surface area contributed by atoms with Gasteiger partial charge in [0.15, 0.2) is 0 Å². The Bertz CT molecular complexity index is 702. The number of halogens is 1. The molecule has 3 aliphatic heterocycles. The molecule has 3 saturated heterocycles. The second-order valence-electron chi connectivity index (χ2n) is 9.28. The number of likely N-dealkylation sites (tertiary alicyclic amines) is 2. The van der Waals surface area contributed by atoms with Crippen LogP contribution in [-0.4, -0.2) is 105 Å². The molecular formula is C29H50BrN3O6. The summed E-state index contributed by atoms with van der Waals surface area (Å²) in [5, 5.41) is 12.3. The van der Waals surface area contributed by atoms with Crippen LogP contribution in [0, 0.1) is 0 Å². The maximum atomic E-state index is 10.7. The maximum absolute atomic E-state index is 10.7. The van der Waals surface area contributed by atoms with Crippen LogP contribution in [0.3, 0.4) is 0 Å². The van der Waals surface area contributed by atoms with Gasteiger partial charge in [-0.05, 0) is 77.8 Å². The Labute approximate surface area is 243 Å². The van der Waals surface area contributed by atoms with E-state index in [4.69, 9.17) is 5.11 Å². The molecule has 0 bridgehead atoms. The zero-order chi connectivity index (χ0) is 29.0. The third kappa shape index (κ3) is 26.0. The molecule has 39 heavy (non-hydrogen) atoms. The molecule has 2 N–H and O–H groups in total. The lowest BCUT2D eigenvalue weighted by Crippen LogP contribution is -2.29. The first-order chi connectivity index (χ1) is 18.9. The van der Waals surface area contributed by atoms with Crippen molar-refractivity contribution in [3.05, 3.63) is 36.5 Å². The maximum Gasteiger partial charge on any atom is 0.330 e. The summed E-state index contributed by atoms with van der Waals surface area (Å²) >= 11 is 3.11. The van der Waals surface area contributed by atoms with Crippen molar-refractivity contribution in [1.82, 2.24) is 15.1 Å². The highest BCUT2D eigenvalue weighted by Crippen LogP contribution is 2.08. The van der Waals surface area contributed by atoms with Gasteiger partial charge in [0.1, 0.15) is 0 Å². The average Bonchev–Trinajstić information content (AvgIpc) is 2.98. The number of aliphatic carboxylic acids is 1. The Hall–Kier alpha value is -2.01. The molecular weight excluding hydrogens is 566 g/mol. The summed E-state index contributed by atoms with van der Waals surface area (Å²) < 4.78 is 8.80. The molecule has 3 fully saturated rings. The predicted molar refractivity (Wildman–Crippen MR) is 160 cm³/mol. The van der Waals surface area contributed by atoms with Crippen LogP contribution in [0.4, 0.5) is 0 Å². The number of carboxylic acid groups (broad SMARTS) is 1. The molecule has 0 aliphatic carbocycles. The number of carbonyl (C=O) groups excluding carboxylic acids is 2. The Morgan fingerprint density at radius 3 is 1.44 bits per heavy atom. The summed E-state index contributed by atoms with van der Waals surface area (Å²) in [6.07, 6.45) is 21.3. The number of carboxylic acids is 1. The fourth-order valence-corrected chi connectivity index (χ4v) is 4.15. The quantitative estimate of drug-likeness (QED) is 0.236. The van der Waals surface area contributed by atoms with E-state index >= 15 is 0 Å². The number of nitrogens with one attached hydrogen (secondary N) is 1. The average molecular weight is 617 g/mol. The van der Waals surface area contributed by atoms with Crippen molar-refractivity contribution < 1.29 is 29.0 Å². The number of piperidine rings is 3. The van der Waals surface area contributed by atoms with E-state index in [2.05, 4.69) is 40.5 Å². The van der Waals surface area contributed by atoms with E-state index in [1.807, 2.05) is 6.08 Å². The van der Waals surface area contributed by atoms with Crippen molar-refractivity contribution in [2.24, 2.45) is 0 Å². The van der Waals surface area contributed by atoms with Gasteiger partial charge in [-0.1, -0.05) is 53.4 Å². The van der Waals surface area contributed by atoms with Gasteiger partial charge in [0.05, 0.1) is 14.2 Å². The fourth-order valence-electron chi connectivity index (χ4n) is 3.96. The first-order valence-corrected chi connectivity index (χ1v) is 15.1. The summed E-state index contributed by atoms with van der Waals surface area (Å²) in [4.78, 5) is 35.7. The van der Waals surface area contributed by atoms with Crippen molar-refractivity contribution in [2.45, 2.75) is 57.8 Å². The zero-order valence-electron chi connectivity index (χ0n) is 24.0. The number of hydrogen-bond donors (Lipinski definition) is 2. The van der Waals surface area contributed by atoms with Crippen molar-refractivity contribution in [1.29, 1.82) is 0 Å². The van der Waals surface area contributed by atoms with Gasteiger partial charge in [0.2, 0.25) is 0 Å². The highest BCUT2D eigenvalue weighted by molar-refractivity contribution is 9.09. The monoisotopic (exact) mass is 615 g/mol. The summed E-state index contributed by atoms with van der Waals surface area (Å²) in [6, 6.07) is 0. The van der Waals surface area contributed by atoms with Crippen LogP contribution in [0.2, 0.25) is 0 Å². The Kier molecular flexibility index (Phi) is 26.1. The number of nitrogens with zero attached hydrogens (tertiary/aromatic N) is 2. The van der Waals surface area contributed by atoms with E-state index in [1.54, 1.807) is 12.2 Å². The highest BCUT2D eigenvalue weighted by Gasteiger charge is 2.08. The summed E-state index contributed by atoms with van der Waals surface area (Å²) in [7, 11) is 2.74. The minimum Gasteiger partial charge on any atom is -0.478 e. The number of carbonyl (C=O) groups is 3. The molecule has 0 aromatic carbocycles. The number of ether oxygens (including phenoxy) is 2. The molecule has 0 aromatic heterocycles. The Balaban J connectivity index is 0.000000514. The third-order valence-corrected chi connectivity index (χ3v) is 6.47. The van der Waals surface area contributed by atoms with Gasteiger partial charge >= 0.3 is 17.9 Å². The van der Waals surface area contributed by atoms with Gasteiger partial charge in [-0.2, -0.15) is 0 Å². The number of methoxy groups -OCH3 is 2. The summed E-state index contributed by atoms with van der Waals surface area (Å²) in [5.41, 5.74) is 0. The lowest BCUT2D eigenvalue weighted by Gasteiger charge is -2.24. The molecule has 0 atom stereocenters. The molecule has 9 nitrogen and oxygen atoms in total. The van der Waals surface area contributed by atoms with E-state index in [0.717, 1.165) is 39.3 Å². The van der Waals surface area contributed by atoms with Crippen LogP contribution in [0.5, 0.6) is 0 Å². The molecule has 0 radical (unpaired) electrons. The van der Waals surface area contributed by atoms with E-state index in [1.165, 1.54) is 103 Å². The largest absolute Gasteiger partial charge is 0.478 e. The van der Waals surface area contributed by atoms with Gasteiger partial charge in [-0.15, -0.1) is 0 Å². The van der Waals surface area contributed by atoms with E-state index in [0.29, 0.717) is 5.33 Å². The molecule has 0 saturated carbocycles. The van der Waals surface area contributed by atoms with Crippen LogP contribution in [0.15, 0.2) is 36.5 Å². The number of esters is 2. The molecule has 3 rings (SSSR count). The third-order valence-electron chi connectivity index (χ3n) is 6.09. The molecule has 10 heteroatoms. The standard InChI is InChI=1S/C10H17NO2.C9H15NO2.C5H7BrO2.C5H11N/c1-13-10(12)6-5-9-11-7-3-2-4-8-11;11-9(12)5-4-8-10-6-2-1-3-7-10;1-8-5(7)3-2-4-6;1-2-4-6-5-3-1/h5-6H,2-4,7-9H2,1H3;4-5H,1-3,6-8H2,(H,11,12);2-3H,4H2,1H3;6H,1-5H2/b6-5+;5-4+;3-2+;. The predicted octanol–water partition coefficient (Wildman–Crippen LogP) is 4.19. The number of rotatable bonds is 8. The first-order valence-electron chi connectivity index (χ1n) is 14.0. The molecule has 0 amide bonds. The Morgan fingerprint density at radius 2 is 1.10 bits per heavy atom. The Morgan fingerprint density at radius 1 is 0.692 bits per heavy atom. The molecule has 3 aliphatic rings. The van der Waals surface area contributed by atoms with Crippen molar-refractivity contribution in [2.75, 3.05) is 71.9 Å². The minimum atomic E-state index is -0.855. The number of hydrogen-bond acceptors (Lipinski definition) is 8. The lowest BCUT2D eigenvalue weighted by atomic mass is 10.1. The van der Waals surface area contributed by atoms with Gasteiger partial charge in [-0.25, -0.2) is 14.4 Å². The highest BCUT2D eigenvalue weighted by atomic mass is 79.9. The number of alkyl halides is 1. The summed E-state index contributed by atoms with van der Waals surface area (Å²) in [6.45, 7) is 8.70. The van der Waals surface area contributed by atoms with E-state index in [9.17, 15) is 14.4 Å². The fraction of sp³-hybridized carbons (Fsp3) is 0.690. The topological polar surface area (TPSA) is 108 Å². The summed E-state index contributed by atoms with van der Waals surface area (Å²) in [5.74, 6) is -1.44. The molecule has 3 heterocycles. The molecule has 0 spiro atoms. The van der Waals surface area contributed by atoms with Gasteiger partial charge < -0.3 is 19.9 Å². The van der Waals surface area contributed by atoms with Crippen molar-refractivity contribution in [3.63, 3.8) is 0 Å². The van der Waals surface area contributed by atoms with Crippen LogP contribution < -0.4 is 5.32 Å². The van der Waals surface area contributed by atoms with Crippen molar-refractivity contribution >= 4 is 33.8 Å². The smallest absolute Gasteiger partial charge is 0.330 e. The van der Waals surface area contributed by atoms with Crippen molar-refractivity contribution in [3.8, 4) is 0 Å². The molecule has 0 aromatic rings.